The Morgan fingerprint density at radius 1 is 1.73 bits per heavy atom. The van der Waals surface area contributed by atoms with Gasteiger partial charge in [-0.15, -0.1) is 11.3 Å². The Balaban J connectivity index is 2.38. The molecule has 1 aliphatic rings. The van der Waals surface area contributed by atoms with Crippen molar-refractivity contribution < 1.29 is 0 Å². The van der Waals surface area contributed by atoms with E-state index in [4.69, 9.17) is 5.73 Å². The lowest BCUT2D eigenvalue weighted by Gasteiger charge is -1.98. The largest absolute Gasteiger partial charge is 0.324 e. The smallest absolute Gasteiger partial charge is 0.0309 e. The highest BCUT2D eigenvalue weighted by molar-refractivity contribution is 7.12. The Kier molecular flexibility index (Phi) is 1.74. The van der Waals surface area contributed by atoms with Crippen LogP contribution in [0.25, 0.3) is 0 Å². The minimum absolute atomic E-state index is 0.335. The molecule has 1 atom stereocenters. The number of hydrogen-bond acceptors (Lipinski definition) is 2. The van der Waals surface area contributed by atoms with Crippen molar-refractivity contribution >= 4 is 11.3 Å². The van der Waals surface area contributed by atoms with Crippen LogP contribution in [-0.4, -0.2) is 0 Å². The van der Waals surface area contributed by atoms with Gasteiger partial charge in [-0.3, -0.25) is 0 Å². The monoisotopic (exact) mass is 167 g/mol. The van der Waals surface area contributed by atoms with Gasteiger partial charge in [0.25, 0.3) is 0 Å². The average molecular weight is 167 g/mol. The van der Waals surface area contributed by atoms with E-state index in [1.807, 2.05) is 11.3 Å². The molecule has 2 N–H and O–H groups in total. The summed E-state index contributed by atoms with van der Waals surface area (Å²) in [6.45, 7) is 2.20. The minimum atomic E-state index is 0.335. The van der Waals surface area contributed by atoms with Gasteiger partial charge in [0.1, 0.15) is 0 Å². The average Bonchev–Trinajstić information content (AvgIpc) is 2.53. The van der Waals surface area contributed by atoms with Crippen molar-refractivity contribution in [3.63, 3.8) is 0 Å². The fourth-order valence-electron chi connectivity index (χ4n) is 1.63. The predicted molar refractivity (Wildman–Crippen MR) is 48.9 cm³/mol. The van der Waals surface area contributed by atoms with E-state index in [2.05, 4.69) is 13.0 Å². The molecule has 1 unspecified atom stereocenters. The van der Waals surface area contributed by atoms with Crippen LogP contribution in [0.2, 0.25) is 0 Å². The van der Waals surface area contributed by atoms with Crippen LogP contribution in [-0.2, 0) is 12.8 Å². The minimum Gasteiger partial charge on any atom is -0.324 e. The van der Waals surface area contributed by atoms with Gasteiger partial charge in [-0.2, -0.15) is 0 Å². The molecule has 60 valence electrons. The Morgan fingerprint density at radius 2 is 2.55 bits per heavy atom. The second kappa shape index (κ2) is 2.61. The van der Waals surface area contributed by atoms with Crippen LogP contribution in [0.4, 0.5) is 0 Å². The number of thiophene rings is 1. The third-order valence-corrected chi connectivity index (χ3v) is 3.68. The van der Waals surface area contributed by atoms with E-state index in [1.54, 1.807) is 0 Å². The topological polar surface area (TPSA) is 26.0 Å². The SMILES string of the molecule is CCc1cc2c(s1)CCC2N. The van der Waals surface area contributed by atoms with Crippen LogP contribution in [0.5, 0.6) is 0 Å². The van der Waals surface area contributed by atoms with E-state index in [9.17, 15) is 0 Å². The molecule has 1 aromatic heterocycles. The Labute approximate surface area is 71.2 Å². The zero-order valence-corrected chi connectivity index (χ0v) is 7.58. The van der Waals surface area contributed by atoms with E-state index < -0.39 is 0 Å². The first-order valence-electron chi connectivity index (χ1n) is 4.18. The van der Waals surface area contributed by atoms with Crippen molar-refractivity contribution in [3.05, 3.63) is 21.4 Å². The molecule has 0 spiro atoms. The first kappa shape index (κ1) is 7.32. The molecule has 1 aromatic rings. The summed E-state index contributed by atoms with van der Waals surface area (Å²) in [6, 6.07) is 2.62. The molecule has 2 heteroatoms. The molecule has 0 bridgehead atoms. The molecule has 0 aliphatic heterocycles. The van der Waals surface area contributed by atoms with Crippen molar-refractivity contribution in [2.45, 2.75) is 32.2 Å². The van der Waals surface area contributed by atoms with Crippen molar-refractivity contribution in [2.75, 3.05) is 0 Å². The number of hydrogen-bond donors (Lipinski definition) is 1. The quantitative estimate of drug-likeness (QED) is 0.682. The summed E-state index contributed by atoms with van der Waals surface area (Å²) in [7, 11) is 0. The van der Waals surface area contributed by atoms with Crippen molar-refractivity contribution in [2.24, 2.45) is 5.73 Å². The molecule has 1 aliphatic carbocycles. The number of aryl methyl sites for hydroxylation is 2. The first-order valence-corrected chi connectivity index (χ1v) is 5.00. The van der Waals surface area contributed by atoms with E-state index in [0.29, 0.717) is 6.04 Å². The molecule has 11 heavy (non-hydrogen) atoms. The van der Waals surface area contributed by atoms with Gasteiger partial charge in [-0.25, -0.2) is 0 Å². The van der Waals surface area contributed by atoms with Crippen LogP contribution in [0.15, 0.2) is 6.07 Å². The predicted octanol–water partition coefficient (Wildman–Crippen LogP) is 2.26. The molecule has 0 radical (unpaired) electrons. The highest BCUT2D eigenvalue weighted by Crippen LogP contribution is 2.35. The standard InChI is InChI=1S/C9H13NS/c1-2-6-5-7-8(10)3-4-9(7)11-6/h5,8H,2-4,10H2,1H3. The van der Waals surface area contributed by atoms with Crippen molar-refractivity contribution in [1.82, 2.24) is 0 Å². The number of fused-ring (bicyclic) bond motifs is 1. The number of nitrogens with two attached hydrogens (primary N) is 1. The van der Waals surface area contributed by atoms with Gasteiger partial charge in [0.2, 0.25) is 0 Å². The van der Waals surface area contributed by atoms with Gasteiger partial charge in [-0.05, 0) is 30.9 Å². The first-order chi connectivity index (χ1) is 5.31. The summed E-state index contributed by atoms with van der Waals surface area (Å²) >= 11 is 1.95. The van der Waals surface area contributed by atoms with Gasteiger partial charge in [0.05, 0.1) is 0 Å². The Morgan fingerprint density at radius 3 is 3.18 bits per heavy atom. The van der Waals surface area contributed by atoms with Crippen LogP contribution in [0, 0.1) is 0 Å². The summed E-state index contributed by atoms with van der Waals surface area (Å²) in [6.07, 6.45) is 3.52. The molecule has 1 heterocycles. The highest BCUT2D eigenvalue weighted by Gasteiger charge is 2.21. The summed E-state index contributed by atoms with van der Waals surface area (Å²) in [5.41, 5.74) is 7.34. The van der Waals surface area contributed by atoms with Crippen LogP contribution < -0.4 is 5.73 Å². The maximum absolute atomic E-state index is 5.92. The fraction of sp³-hybridized carbons (Fsp3) is 0.556. The molecule has 0 aromatic carbocycles. The lowest BCUT2D eigenvalue weighted by molar-refractivity contribution is 0.713. The second-order valence-electron chi connectivity index (χ2n) is 3.09. The van der Waals surface area contributed by atoms with E-state index in [0.717, 1.165) is 12.8 Å². The normalized spacial score (nSPS) is 22.2. The zero-order valence-electron chi connectivity index (χ0n) is 6.76. The van der Waals surface area contributed by atoms with Gasteiger partial charge in [0.15, 0.2) is 0 Å². The molecule has 0 fully saturated rings. The maximum atomic E-state index is 5.92. The van der Waals surface area contributed by atoms with Gasteiger partial charge in [-0.1, -0.05) is 6.92 Å². The van der Waals surface area contributed by atoms with Crippen molar-refractivity contribution in [1.29, 1.82) is 0 Å². The lowest BCUT2D eigenvalue weighted by Crippen LogP contribution is -2.04. The molecule has 0 saturated carbocycles. The van der Waals surface area contributed by atoms with Gasteiger partial charge >= 0.3 is 0 Å². The van der Waals surface area contributed by atoms with E-state index in [-0.39, 0.29) is 0 Å². The zero-order chi connectivity index (χ0) is 7.84. The van der Waals surface area contributed by atoms with E-state index in [1.165, 1.54) is 21.7 Å². The Bertz CT molecular complexity index is 265. The molecule has 1 nitrogen and oxygen atoms in total. The lowest BCUT2D eigenvalue weighted by atomic mass is 10.2. The summed E-state index contributed by atoms with van der Waals surface area (Å²) in [5, 5.41) is 0. The highest BCUT2D eigenvalue weighted by atomic mass is 32.1. The molecule has 0 saturated heterocycles. The van der Waals surface area contributed by atoms with Crippen LogP contribution in [0.3, 0.4) is 0 Å². The van der Waals surface area contributed by atoms with Crippen molar-refractivity contribution in [3.8, 4) is 0 Å². The van der Waals surface area contributed by atoms with Crippen LogP contribution in [0.1, 0.15) is 34.7 Å². The third kappa shape index (κ3) is 1.10. The summed E-state index contributed by atoms with van der Waals surface area (Å²) in [4.78, 5) is 3.03. The summed E-state index contributed by atoms with van der Waals surface area (Å²) in [5.74, 6) is 0. The second-order valence-corrected chi connectivity index (χ2v) is 4.31. The Hall–Kier alpha value is -0.340. The fourth-order valence-corrected chi connectivity index (χ4v) is 2.82. The van der Waals surface area contributed by atoms with Gasteiger partial charge in [0, 0.05) is 15.8 Å². The van der Waals surface area contributed by atoms with Gasteiger partial charge < -0.3 is 5.73 Å². The molecule has 0 amide bonds. The third-order valence-electron chi connectivity index (χ3n) is 2.32. The maximum Gasteiger partial charge on any atom is 0.0309 e. The molecular formula is C9H13NS. The summed E-state index contributed by atoms with van der Waals surface area (Å²) < 4.78 is 0. The molecular weight excluding hydrogens is 154 g/mol. The number of rotatable bonds is 1. The van der Waals surface area contributed by atoms with Crippen LogP contribution >= 0.6 is 11.3 Å². The van der Waals surface area contributed by atoms with E-state index >= 15 is 0 Å². The molecule has 2 rings (SSSR count).